The molecule has 8 heteroatoms. The smallest absolute Gasteiger partial charge is 0.377 e. The van der Waals surface area contributed by atoms with Gasteiger partial charge in [-0.25, -0.2) is 4.79 Å². The van der Waals surface area contributed by atoms with Crippen molar-refractivity contribution in [2.24, 2.45) is 52.3 Å². The molecule has 8 nitrogen and oxygen atoms in total. The number of aliphatic hydroxyl groups is 2. The topological polar surface area (TPSA) is 121 Å². The minimum Gasteiger partial charge on any atom is -0.475 e. The summed E-state index contributed by atoms with van der Waals surface area (Å²) in [7, 11) is 0. The Morgan fingerprint density at radius 2 is 1.80 bits per heavy atom. The number of carboxylic acids is 1. The maximum absolute atomic E-state index is 11.8. The lowest BCUT2D eigenvalue weighted by Crippen LogP contribution is -2.62. The van der Waals surface area contributed by atoms with Crippen molar-refractivity contribution in [1.29, 1.82) is 0 Å². The van der Waals surface area contributed by atoms with Gasteiger partial charge in [0.1, 0.15) is 0 Å². The van der Waals surface area contributed by atoms with Gasteiger partial charge in [-0.3, -0.25) is 0 Å². The summed E-state index contributed by atoms with van der Waals surface area (Å²) in [4.78, 5) is 12.5. The second-order valence-electron chi connectivity index (χ2n) is 12.9. The summed E-state index contributed by atoms with van der Waals surface area (Å²) in [5.41, 5.74) is 0.453. The van der Waals surface area contributed by atoms with Gasteiger partial charge < -0.3 is 15.3 Å². The molecule has 196 valence electrons. The molecule has 4 unspecified atom stereocenters. The van der Waals surface area contributed by atoms with Crippen molar-refractivity contribution in [3.63, 3.8) is 0 Å². The Kier molecular flexibility index (Phi) is 6.52. The fourth-order valence-electron chi connectivity index (χ4n) is 9.88. The number of carboxylic acid groups (broad SMARTS) is 1. The lowest BCUT2D eigenvalue weighted by Gasteiger charge is -2.64. The molecule has 11 atom stereocenters. The van der Waals surface area contributed by atoms with Crippen molar-refractivity contribution in [3.05, 3.63) is 5.82 Å². The van der Waals surface area contributed by atoms with Gasteiger partial charge in [-0.05, 0) is 109 Å². The lowest BCUT2D eigenvalue weighted by atomic mass is 9.41. The monoisotopic (exact) mass is 488 g/mol. The zero-order valence-corrected chi connectivity index (χ0v) is 21.8. The van der Waals surface area contributed by atoms with Gasteiger partial charge in [-0.2, -0.15) is 4.80 Å². The number of carbonyl (C=O) groups is 1. The van der Waals surface area contributed by atoms with Crippen LogP contribution in [0.5, 0.6) is 0 Å². The van der Waals surface area contributed by atoms with E-state index in [2.05, 4.69) is 43.1 Å². The van der Waals surface area contributed by atoms with Crippen molar-refractivity contribution < 1.29 is 20.1 Å². The molecule has 0 aromatic carbocycles. The molecular formula is C27H44N4O4. The molecule has 0 aliphatic heterocycles. The average Bonchev–Trinajstić information content (AvgIpc) is 3.43. The van der Waals surface area contributed by atoms with Crippen molar-refractivity contribution in [1.82, 2.24) is 20.2 Å². The molecule has 4 aliphatic carbocycles. The Hall–Kier alpha value is -1.54. The van der Waals surface area contributed by atoms with Crippen molar-refractivity contribution in [2.75, 3.05) is 0 Å². The van der Waals surface area contributed by atoms with E-state index in [9.17, 15) is 15.0 Å². The largest absolute Gasteiger partial charge is 0.475 e. The van der Waals surface area contributed by atoms with Crippen LogP contribution in [0.25, 0.3) is 0 Å². The van der Waals surface area contributed by atoms with E-state index in [-0.39, 0.29) is 34.8 Å². The Labute approximate surface area is 208 Å². The lowest BCUT2D eigenvalue weighted by molar-refractivity contribution is -0.203. The summed E-state index contributed by atoms with van der Waals surface area (Å²) in [5.74, 6) is 1.84. The van der Waals surface area contributed by atoms with Crippen molar-refractivity contribution in [2.45, 2.75) is 104 Å². The van der Waals surface area contributed by atoms with Crippen LogP contribution in [-0.4, -0.2) is 53.7 Å². The molecule has 4 fully saturated rings. The average molecular weight is 489 g/mol. The van der Waals surface area contributed by atoms with E-state index in [1.807, 2.05) is 0 Å². The van der Waals surface area contributed by atoms with Gasteiger partial charge in [-0.15, -0.1) is 10.2 Å². The van der Waals surface area contributed by atoms with Gasteiger partial charge in [0, 0.05) is 0 Å². The van der Waals surface area contributed by atoms with E-state index in [1.165, 1.54) is 30.5 Å². The van der Waals surface area contributed by atoms with Gasteiger partial charge in [0.25, 0.3) is 5.82 Å². The van der Waals surface area contributed by atoms with Crippen LogP contribution in [0.1, 0.15) is 96.1 Å². The number of tetrazole rings is 1. The molecule has 1 aromatic heterocycles. The van der Waals surface area contributed by atoms with E-state index in [0.717, 1.165) is 32.1 Å². The van der Waals surface area contributed by atoms with Crippen LogP contribution in [0.2, 0.25) is 0 Å². The molecular weight excluding hydrogens is 444 g/mol. The molecule has 1 heterocycles. The van der Waals surface area contributed by atoms with Crippen LogP contribution in [0.3, 0.4) is 0 Å². The van der Waals surface area contributed by atoms with Gasteiger partial charge >= 0.3 is 5.97 Å². The van der Waals surface area contributed by atoms with Crippen molar-refractivity contribution >= 4 is 5.97 Å². The number of rotatable bonds is 6. The van der Waals surface area contributed by atoms with Crippen molar-refractivity contribution in [3.8, 4) is 0 Å². The van der Waals surface area contributed by atoms with E-state index < -0.39 is 5.97 Å². The minimum absolute atomic E-state index is 0.206. The zero-order valence-electron chi connectivity index (χ0n) is 21.8. The number of aliphatic hydroxyl groups excluding tert-OH is 2. The highest BCUT2D eigenvalue weighted by molar-refractivity contribution is 5.82. The molecule has 5 rings (SSSR count). The summed E-state index contributed by atoms with van der Waals surface area (Å²) in [5, 5.41) is 42.9. The van der Waals surface area contributed by atoms with Gasteiger partial charge in [0.15, 0.2) is 0 Å². The summed E-state index contributed by atoms with van der Waals surface area (Å²) >= 11 is 0. The van der Waals surface area contributed by atoms with Gasteiger partial charge in [-0.1, -0.05) is 34.1 Å². The van der Waals surface area contributed by atoms with Crippen LogP contribution >= 0.6 is 0 Å². The number of hydrogen-bond acceptors (Lipinski definition) is 6. The predicted molar refractivity (Wildman–Crippen MR) is 130 cm³/mol. The predicted octanol–water partition coefficient (Wildman–Crippen LogP) is 4.02. The van der Waals surface area contributed by atoms with Crippen LogP contribution in [0.4, 0.5) is 0 Å². The van der Waals surface area contributed by atoms with E-state index in [0.29, 0.717) is 42.1 Å². The first kappa shape index (κ1) is 25.1. The Morgan fingerprint density at radius 1 is 1.09 bits per heavy atom. The number of aromatic carboxylic acids is 1. The SMILES string of the molecule is CC[C@H]1C(O)C2C3CC[C@H]([C@H](C)CCn4nnc(C(=O)O)n4)[C@@]3(C)CCC2[C@@]2(C)CC[C@@H](O)C[C@@H]12. The highest BCUT2D eigenvalue weighted by Gasteiger charge is 2.64. The molecule has 4 aliphatic rings. The molecule has 0 saturated heterocycles. The standard InChI is InChI=1S/C27H44N4O4/c1-5-17-21-14-16(32)8-11-27(21,4)20-9-12-26(3)18(6-7-19(26)22(20)23(17)33)15(2)10-13-31-29-24(25(34)35)28-30-31/h15-23,32-33H,5-14H2,1-4H3,(H,34,35)/t15-,16-,17-,18-,19?,20?,21+,22?,23?,26-,27-/m1/s1. The fourth-order valence-corrected chi connectivity index (χ4v) is 9.88. The molecule has 4 saturated carbocycles. The fraction of sp³-hybridized carbons (Fsp3) is 0.926. The highest BCUT2D eigenvalue weighted by Crippen LogP contribution is 2.69. The third kappa shape index (κ3) is 3.94. The first-order chi connectivity index (χ1) is 16.6. The molecule has 1 aromatic rings. The molecule has 0 spiro atoms. The van der Waals surface area contributed by atoms with Gasteiger partial charge in [0.2, 0.25) is 0 Å². The first-order valence-corrected chi connectivity index (χ1v) is 14.0. The molecule has 0 radical (unpaired) electrons. The Bertz CT molecular complexity index is 938. The quantitative estimate of drug-likeness (QED) is 0.553. The maximum atomic E-state index is 11.8. The summed E-state index contributed by atoms with van der Waals surface area (Å²) < 4.78 is 0. The number of nitrogens with zero attached hydrogens (tertiary/aromatic N) is 4. The first-order valence-electron chi connectivity index (χ1n) is 14.0. The second-order valence-corrected chi connectivity index (χ2v) is 12.9. The maximum Gasteiger partial charge on any atom is 0.377 e. The van der Waals surface area contributed by atoms with E-state index >= 15 is 0 Å². The van der Waals surface area contributed by atoms with E-state index in [1.54, 1.807) is 0 Å². The number of hydrogen-bond donors (Lipinski definition) is 3. The third-order valence-electron chi connectivity index (χ3n) is 11.6. The second kappa shape index (κ2) is 9.09. The van der Waals surface area contributed by atoms with Crippen LogP contribution in [0.15, 0.2) is 0 Å². The minimum atomic E-state index is -1.15. The number of aryl methyl sites for hydroxylation is 1. The number of aromatic nitrogens is 4. The van der Waals surface area contributed by atoms with Crippen LogP contribution in [-0.2, 0) is 6.54 Å². The van der Waals surface area contributed by atoms with Crippen LogP contribution in [0, 0.1) is 52.3 Å². The van der Waals surface area contributed by atoms with Gasteiger partial charge in [0.05, 0.1) is 18.8 Å². The Morgan fingerprint density at radius 3 is 2.49 bits per heavy atom. The highest BCUT2D eigenvalue weighted by atomic mass is 16.4. The normalized spacial score (nSPS) is 45.9. The Balaban J connectivity index is 1.34. The van der Waals surface area contributed by atoms with E-state index in [4.69, 9.17) is 5.11 Å². The molecule has 0 amide bonds. The number of fused-ring (bicyclic) bond motifs is 5. The molecule has 3 N–H and O–H groups in total. The molecule has 35 heavy (non-hydrogen) atoms. The summed E-state index contributed by atoms with van der Waals surface area (Å²) in [6, 6.07) is 0. The molecule has 0 bridgehead atoms. The van der Waals surface area contributed by atoms with Crippen LogP contribution < -0.4 is 0 Å². The summed E-state index contributed by atoms with van der Waals surface area (Å²) in [6.45, 7) is 10.1. The third-order valence-corrected chi connectivity index (χ3v) is 11.6. The zero-order chi connectivity index (χ0) is 25.1. The summed E-state index contributed by atoms with van der Waals surface area (Å²) in [6.07, 6.45) is 9.06.